The van der Waals surface area contributed by atoms with Crippen LogP contribution in [0, 0.1) is 0 Å². The van der Waals surface area contributed by atoms with E-state index in [0.717, 1.165) is 11.1 Å². The van der Waals surface area contributed by atoms with Crippen molar-refractivity contribution in [1.29, 1.82) is 0 Å². The Hall–Kier alpha value is -4.38. The Kier molecular flexibility index (Phi) is 13.3. The molecule has 1 atom stereocenters. The second-order valence-electron chi connectivity index (χ2n) is 7.72. The molecule has 4 rings (SSSR count). The number of carbonyl (C=O) groups excluding carboxylic acids is 2. The van der Waals surface area contributed by atoms with Gasteiger partial charge in [0, 0.05) is 16.7 Å². The summed E-state index contributed by atoms with van der Waals surface area (Å²) < 4.78 is 4.90. The fourth-order valence-corrected chi connectivity index (χ4v) is 3.13. The zero-order valence-corrected chi connectivity index (χ0v) is 20.8. The molecular formula is C33H32O4. The maximum absolute atomic E-state index is 11.9. The van der Waals surface area contributed by atoms with E-state index < -0.39 is 6.10 Å². The first-order chi connectivity index (χ1) is 18.1. The molecule has 0 saturated heterocycles. The predicted octanol–water partition coefficient (Wildman–Crippen LogP) is 6.90. The number of ketones is 2. The van der Waals surface area contributed by atoms with Gasteiger partial charge < -0.3 is 9.84 Å². The molecule has 4 heteroatoms. The van der Waals surface area contributed by atoms with Crippen LogP contribution >= 0.6 is 0 Å². The van der Waals surface area contributed by atoms with Gasteiger partial charge in [0.15, 0.2) is 11.6 Å². The quantitative estimate of drug-likeness (QED) is 0.157. The Labute approximate surface area is 219 Å². The number of aliphatic hydroxyl groups excluding tert-OH is 1. The lowest BCUT2D eigenvalue weighted by atomic mass is 10.0. The lowest BCUT2D eigenvalue weighted by molar-refractivity contribution is 0.0747. The lowest BCUT2D eigenvalue weighted by Crippen LogP contribution is -2.11. The van der Waals surface area contributed by atoms with E-state index in [1.165, 1.54) is 0 Å². The topological polar surface area (TPSA) is 63.6 Å². The third kappa shape index (κ3) is 10.4. The standard InChI is InChI=1S/C14H12O2.C13H10O.C6H10O/c15-13(11-7-3-1-4-8-11)14(16)12-9-5-2-6-10-12;14-13(11-7-3-1-4-8-11)12-9-5-2-6-10-12;1-3-5-7-6-4-2/h1-10,13,15H;1-10H;3-4H,1-2,5-6H2. The van der Waals surface area contributed by atoms with E-state index in [-0.39, 0.29) is 11.6 Å². The predicted molar refractivity (Wildman–Crippen MR) is 150 cm³/mol. The van der Waals surface area contributed by atoms with Gasteiger partial charge in [0.1, 0.15) is 6.10 Å². The normalized spacial score (nSPS) is 10.4. The molecular weight excluding hydrogens is 460 g/mol. The van der Waals surface area contributed by atoms with Gasteiger partial charge in [-0.3, -0.25) is 9.59 Å². The highest BCUT2D eigenvalue weighted by Gasteiger charge is 2.18. The summed E-state index contributed by atoms with van der Waals surface area (Å²) in [6.45, 7) is 8.18. The molecule has 0 aliphatic heterocycles. The number of ether oxygens (including phenoxy) is 1. The van der Waals surface area contributed by atoms with Gasteiger partial charge in [-0.15, -0.1) is 13.2 Å². The van der Waals surface area contributed by atoms with Crippen LogP contribution in [0.15, 0.2) is 147 Å². The van der Waals surface area contributed by atoms with Crippen molar-refractivity contribution >= 4 is 11.6 Å². The highest BCUT2D eigenvalue weighted by atomic mass is 16.5. The number of aliphatic hydroxyl groups is 1. The second-order valence-corrected chi connectivity index (χ2v) is 7.72. The first-order valence-electron chi connectivity index (χ1n) is 11.8. The summed E-state index contributed by atoms with van der Waals surface area (Å²) in [6, 6.07) is 36.4. The van der Waals surface area contributed by atoms with Crippen LogP contribution in [0.2, 0.25) is 0 Å². The van der Waals surface area contributed by atoms with Crippen LogP contribution in [0.25, 0.3) is 0 Å². The number of carbonyl (C=O) groups is 2. The molecule has 37 heavy (non-hydrogen) atoms. The molecule has 0 heterocycles. The highest BCUT2D eigenvalue weighted by Crippen LogP contribution is 2.17. The SMILES string of the molecule is C=CCOCC=C.O=C(c1ccccc1)C(O)c1ccccc1.O=C(c1ccccc1)c1ccccc1. The van der Waals surface area contributed by atoms with Gasteiger partial charge in [-0.1, -0.05) is 133 Å². The summed E-state index contributed by atoms with van der Waals surface area (Å²) in [5, 5.41) is 9.89. The van der Waals surface area contributed by atoms with Crippen LogP contribution in [0.4, 0.5) is 0 Å². The molecule has 4 aromatic rings. The third-order valence-corrected chi connectivity index (χ3v) is 4.97. The average molecular weight is 493 g/mol. The Morgan fingerprint density at radius 3 is 1.35 bits per heavy atom. The van der Waals surface area contributed by atoms with E-state index in [9.17, 15) is 14.7 Å². The van der Waals surface area contributed by atoms with Crippen molar-refractivity contribution in [2.45, 2.75) is 6.10 Å². The van der Waals surface area contributed by atoms with E-state index >= 15 is 0 Å². The zero-order valence-electron chi connectivity index (χ0n) is 20.8. The number of rotatable bonds is 9. The van der Waals surface area contributed by atoms with Gasteiger partial charge in [0.2, 0.25) is 0 Å². The molecule has 1 unspecified atom stereocenters. The lowest BCUT2D eigenvalue weighted by Gasteiger charge is -2.09. The number of benzene rings is 4. The third-order valence-electron chi connectivity index (χ3n) is 4.97. The van der Waals surface area contributed by atoms with Gasteiger partial charge in [-0.2, -0.15) is 0 Å². The summed E-state index contributed by atoms with van der Waals surface area (Å²) in [5.41, 5.74) is 2.62. The average Bonchev–Trinajstić information content (AvgIpc) is 2.99. The molecule has 0 fully saturated rings. The van der Waals surface area contributed by atoms with E-state index in [1.54, 1.807) is 60.7 Å². The summed E-state index contributed by atoms with van der Waals surface area (Å²) in [6.07, 6.45) is 2.34. The van der Waals surface area contributed by atoms with E-state index in [4.69, 9.17) is 4.74 Å². The maximum Gasteiger partial charge on any atom is 0.195 e. The van der Waals surface area contributed by atoms with Crippen molar-refractivity contribution in [3.05, 3.63) is 169 Å². The largest absolute Gasteiger partial charge is 0.380 e. The van der Waals surface area contributed by atoms with Crippen molar-refractivity contribution in [3.8, 4) is 0 Å². The molecule has 0 aromatic heterocycles. The summed E-state index contributed by atoms with van der Waals surface area (Å²) in [5.74, 6) is -0.196. The van der Waals surface area contributed by atoms with E-state index in [1.807, 2.05) is 72.8 Å². The van der Waals surface area contributed by atoms with Crippen LogP contribution in [-0.4, -0.2) is 29.9 Å². The summed E-state index contributed by atoms with van der Waals surface area (Å²) in [4.78, 5) is 23.7. The minimum absolute atomic E-state index is 0.0752. The summed E-state index contributed by atoms with van der Waals surface area (Å²) in [7, 11) is 0. The van der Waals surface area contributed by atoms with Crippen molar-refractivity contribution < 1.29 is 19.4 Å². The van der Waals surface area contributed by atoms with Crippen LogP contribution in [0.3, 0.4) is 0 Å². The van der Waals surface area contributed by atoms with Gasteiger partial charge in [-0.05, 0) is 5.56 Å². The smallest absolute Gasteiger partial charge is 0.195 e. The van der Waals surface area contributed by atoms with Gasteiger partial charge in [-0.25, -0.2) is 0 Å². The Morgan fingerprint density at radius 2 is 0.973 bits per heavy atom. The molecule has 0 radical (unpaired) electrons. The molecule has 188 valence electrons. The van der Waals surface area contributed by atoms with Crippen molar-refractivity contribution in [3.63, 3.8) is 0 Å². The fourth-order valence-electron chi connectivity index (χ4n) is 3.13. The molecule has 0 spiro atoms. The number of hydrogen-bond acceptors (Lipinski definition) is 4. The maximum atomic E-state index is 11.9. The Morgan fingerprint density at radius 1 is 0.622 bits per heavy atom. The van der Waals surface area contributed by atoms with Gasteiger partial charge in [0.25, 0.3) is 0 Å². The van der Waals surface area contributed by atoms with E-state index in [2.05, 4.69) is 13.2 Å². The van der Waals surface area contributed by atoms with Crippen molar-refractivity contribution in [2.75, 3.05) is 13.2 Å². The molecule has 4 nitrogen and oxygen atoms in total. The van der Waals surface area contributed by atoms with Crippen molar-refractivity contribution in [1.82, 2.24) is 0 Å². The van der Waals surface area contributed by atoms with Crippen LogP contribution in [0.1, 0.15) is 37.9 Å². The van der Waals surface area contributed by atoms with Crippen LogP contribution in [0.5, 0.6) is 0 Å². The minimum atomic E-state index is -1.08. The molecule has 0 aliphatic rings. The van der Waals surface area contributed by atoms with Crippen LogP contribution in [-0.2, 0) is 4.74 Å². The number of Topliss-reactive ketones (excluding diaryl/α,β-unsaturated/α-hetero) is 1. The first kappa shape index (κ1) is 28.9. The number of hydrogen-bond donors (Lipinski definition) is 1. The first-order valence-corrected chi connectivity index (χ1v) is 11.8. The van der Waals surface area contributed by atoms with Gasteiger partial charge >= 0.3 is 0 Å². The Balaban J connectivity index is 0.000000210. The highest BCUT2D eigenvalue weighted by molar-refractivity contribution is 6.08. The minimum Gasteiger partial charge on any atom is -0.380 e. The molecule has 1 N–H and O–H groups in total. The molecule has 0 saturated carbocycles. The molecule has 0 aliphatic carbocycles. The summed E-state index contributed by atoms with van der Waals surface area (Å²) >= 11 is 0. The molecule has 0 bridgehead atoms. The zero-order chi connectivity index (χ0) is 26.7. The van der Waals surface area contributed by atoms with Crippen molar-refractivity contribution in [2.24, 2.45) is 0 Å². The second kappa shape index (κ2) is 17.1. The Bertz CT molecular complexity index is 1150. The monoisotopic (exact) mass is 492 g/mol. The van der Waals surface area contributed by atoms with E-state index in [0.29, 0.717) is 24.3 Å². The fraction of sp³-hybridized carbons (Fsp3) is 0.0909. The van der Waals surface area contributed by atoms with Gasteiger partial charge in [0.05, 0.1) is 13.2 Å². The molecule has 4 aromatic carbocycles. The molecule has 0 amide bonds. The van der Waals surface area contributed by atoms with Crippen LogP contribution < -0.4 is 0 Å².